The zero-order valence-corrected chi connectivity index (χ0v) is 45.5. The Hall–Kier alpha value is -1.85. The summed E-state index contributed by atoms with van der Waals surface area (Å²) >= 11 is 0. The molecule has 0 heterocycles. The SMILES string of the molecule is CCCCCC/C=C\CCCCCCCCCC(=O)OC(COC(=O)CCCCCCCCCCCCCCCCC)COC(=O)CCCCCCCCCCCCCCCCCCCCC. The van der Waals surface area contributed by atoms with Crippen LogP contribution in [-0.4, -0.2) is 37.2 Å². The largest absolute Gasteiger partial charge is 0.462 e. The summed E-state index contributed by atoms with van der Waals surface area (Å²) in [4.78, 5) is 38.2. The highest BCUT2D eigenvalue weighted by molar-refractivity contribution is 5.71. The Morgan fingerprint density at radius 1 is 0.284 bits per heavy atom. The van der Waals surface area contributed by atoms with Crippen molar-refractivity contribution >= 4 is 17.9 Å². The average Bonchev–Trinajstić information content (AvgIpc) is 3.33. The number of esters is 3. The van der Waals surface area contributed by atoms with E-state index in [1.807, 2.05) is 0 Å². The Kier molecular flexibility index (Phi) is 55.2. The van der Waals surface area contributed by atoms with Gasteiger partial charge in [-0.15, -0.1) is 0 Å². The van der Waals surface area contributed by atoms with Gasteiger partial charge in [-0.3, -0.25) is 14.4 Å². The van der Waals surface area contributed by atoms with Crippen molar-refractivity contribution in [3.05, 3.63) is 12.2 Å². The molecular formula is C61H116O6. The lowest BCUT2D eigenvalue weighted by Gasteiger charge is -2.18. The van der Waals surface area contributed by atoms with E-state index in [0.29, 0.717) is 19.3 Å². The summed E-state index contributed by atoms with van der Waals surface area (Å²) in [5.41, 5.74) is 0. The second-order valence-electron chi connectivity index (χ2n) is 20.6. The quantitative estimate of drug-likeness (QED) is 0.0262. The third kappa shape index (κ3) is 55.0. The Morgan fingerprint density at radius 2 is 0.493 bits per heavy atom. The van der Waals surface area contributed by atoms with Crippen LogP contribution >= 0.6 is 0 Å². The van der Waals surface area contributed by atoms with Crippen LogP contribution in [0.3, 0.4) is 0 Å². The number of carbonyl (C=O) groups is 3. The van der Waals surface area contributed by atoms with Gasteiger partial charge in [-0.05, 0) is 44.9 Å². The smallest absolute Gasteiger partial charge is 0.306 e. The van der Waals surface area contributed by atoms with Crippen molar-refractivity contribution in [3.8, 4) is 0 Å². The number of allylic oxidation sites excluding steroid dienone is 2. The fourth-order valence-electron chi connectivity index (χ4n) is 9.21. The molecule has 0 radical (unpaired) electrons. The van der Waals surface area contributed by atoms with Gasteiger partial charge in [-0.1, -0.05) is 290 Å². The monoisotopic (exact) mass is 945 g/mol. The van der Waals surface area contributed by atoms with E-state index >= 15 is 0 Å². The minimum Gasteiger partial charge on any atom is -0.462 e. The molecule has 0 saturated carbocycles. The van der Waals surface area contributed by atoms with Gasteiger partial charge in [0.2, 0.25) is 0 Å². The highest BCUT2D eigenvalue weighted by Crippen LogP contribution is 2.18. The lowest BCUT2D eigenvalue weighted by atomic mass is 10.0. The van der Waals surface area contributed by atoms with Crippen molar-refractivity contribution < 1.29 is 28.6 Å². The maximum absolute atomic E-state index is 12.9. The zero-order valence-electron chi connectivity index (χ0n) is 45.5. The molecule has 0 fully saturated rings. The summed E-state index contributed by atoms with van der Waals surface area (Å²) < 4.78 is 16.9. The molecule has 0 aliphatic rings. The summed E-state index contributed by atoms with van der Waals surface area (Å²) in [5.74, 6) is -0.843. The molecule has 0 aromatic carbocycles. The van der Waals surface area contributed by atoms with E-state index < -0.39 is 6.10 Å². The first kappa shape index (κ1) is 65.1. The molecule has 1 atom stereocenters. The number of hydrogen-bond donors (Lipinski definition) is 0. The molecule has 6 heteroatoms. The lowest BCUT2D eigenvalue weighted by molar-refractivity contribution is -0.167. The van der Waals surface area contributed by atoms with Gasteiger partial charge < -0.3 is 14.2 Å². The second-order valence-corrected chi connectivity index (χ2v) is 20.6. The molecule has 0 N–H and O–H groups in total. The zero-order chi connectivity index (χ0) is 48.6. The summed E-state index contributed by atoms with van der Waals surface area (Å²) in [7, 11) is 0. The van der Waals surface area contributed by atoms with Crippen LogP contribution in [0.5, 0.6) is 0 Å². The van der Waals surface area contributed by atoms with Gasteiger partial charge in [0.15, 0.2) is 6.10 Å². The highest BCUT2D eigenvalue weighted by atomic mass is 16.6. The maximum atomic E-state index is 12.9. The normalized spacial score (nSPS) is 12.0. The molecule has 1 unspecified atom stereocenters. The van der Waals surface area contributed by atoms with E-state index in [9.17, 15) is 14.4 Å². The van der Waals surface area contributed by atoms with Crippen LogP contribution in [0, 0.1) is 0 Å². The summed E-state index contributed by atoms with van der Waals surface area (Å²) in [5, 5.41) is 0. The Bertz CT molecular complexity index is 1040. The van der Waals surface area contributed by atoms with Crippen molar-refractivity contribution in [3.63, 3.8) is 0 Å². The summed E-state index contributed by atoms with van der Waals surface area (Å²) in [6.45, 7) is 6.69. The van der Waals surface area contributed by atoms with Crippen LogP contribution in [0.2, 0.25) is 0 Å². The van der Waals surface area contributed by atoms with Gasteiger partial charge in [0.05, 0.1) is 0 Å². The van der Waals surface area contributed by atoms with Crippen molar-refractivity contribution in [2.24, 2.45) is 0 Å². The van der Waals surface area contributed by atoms with Crippen LogP contribution in [0.25, 0.3) is 0 Å². The van der Waals surface area contributed by atoms with Crippen molar-refractivity contribution in [2.45, 2.75) is 348 Å². The number of rotatable bonds is 56. The van der Waals surface area contributed by atoms with Crippen LogP contribution < -0.4 is 0 Å². The van der Waals surface area contributed by atoms with E-state index in [1.54, 1.807) is 0 Å². The molecule has 0 bridgehead atoms. The lowest BCUT2D eigenvalue weighted by Crippen LogP contribution is -2.30. The Balaban J connectivity index is 4.29. The van der Waals surface area contributed by atoms with Gasteiger partial charge in [0.25, 0.3) is 0 Å². The molecule has 6 nitrogen and oxygen atoms in total. The number of unbranched alkanes of at least 4 members (excludes halogenated alkanes) is 43. The van der Waals surface area contributed by atoms with Crippen LogP contribution in [-0.2, 0) is 28.6 Å². The molecule has 0 amide bonds. The van der Waals surface area contributed by atoms with Gasteiger partial charge in [0, 0.05) is 19.3 Å². The third-order valence-electron chi connectivity index (χ3n) is 13.8. The van der Waals surface area contributed by atoms with E-state index in [2.05, 4.69) is 32.9 Å². The summed E-state index contributed by atoms with van der Waals surface area (Å²) in [6.07, 6.45) is 64.9. The van der Waals surface area contributed by atoms with Crippen molar-refractivity contribution in [1.29, 1.82) is 0 Å². The number of hydrogen-bond acceptors (Lipinski definition) is 6. The number of ether oxygens (including phenoxy) is 3. The van der Waals surface area contributed by atoms with Crippen LogP contribution in [0.4, 0.5) is 0 Å². The van der Waals surface area contributed by atoms with Gasteiger partial charge >= 0.3 is 17.9 Å². The molecule has 0 saturated heterocycles. The molecule has 0 aliphatic carbocycles. The molecule has 0 aliphatic heterocycles. The Labute approximate surface area is 418 Å². The Morgan fingerprint density at radius 3 is 0.761 bits per heavy atom. The van der Waals surface area contributed by atoms with E-state index in [0.717, 1.165) is 57.8 Å². The van der Waals surface area contributed by atoms with Gasteiger partial charge in [0.1, 0.15) is 13.2 Å². The standard InChI is InChI=1S/C61H116O6/c1-4-7-10-13-16-19-22-25-28-29-30-31-34-36-39-42-45-48-51-54-60(63)66-57-58(67-61(64)55-52-49-46-43-40-37-33-27-24-21-18-15-12-9-6-3)56-65-59(62)53-50-47-44-41-38-35-32-26-23-20-17-14-11-8-5-2/h21,24,58H,4-20,22-23,25-57H2,1-3H3/b24-21-. The fraction of sp³-hybridized carbons (Fsp3) is 0.918. The van der Waals surface area contributed by atoms with Gasteiger partial charge in [-0.2, -0.15) is 0 Å². The minimum atomic E-state index is -0.767. The molecule has 396 valence electrons. The first-order chi connectivity index (χ1) is 33.0. The molecule has 67 heavy (non-hydrogen) atoms. The molecule has 0 spiro atoms. The minimum absolute atomic E-state index is 0.0655. The average molecular weight is 946 g/mol. The van der Waals surface area contributed by atoms with Crippen LogP contribution in [0.1, 0.15) is 342 Å². The molecule has 0 rings (SSSR count). The van der Waals surface area contributed by atoms with Gasteiger partial charge in [-0.25, -0.2) is 0 Å². The van der Waals surface area contributed by atoms with E-state index in [1.165, 1.54) is 244 Å². The van der Waals surface area contributed by atoms with E-state index in [4.69, 9.17) is 14.2 Å². The first-order valence-electron chi connectivity index (χ1n) is 30.2. The predicted octanol–water partition coefficient (Wildman–Crippen LogP) is 20.1. The van der Waals surface area contributed by atoms with Crippen LogP contribution in [0.15, 0.2) is 12.2 Å². The fourth-order valence-corrected chi connectivity index (χ4v) is 9.21. The number of carbonyl (C=O) groups excluding carboxylic acids is 3. The van der Waals surface area contributed by atoms with Crippen molar-refractivity contribution in [1.82, 2.24) is 0 Å². The molecule has 0 aromatic rings. The topological polar surface area (TPSA) is 78.9 Å². The second kappa shape index (κ2) is 56.7. The predicted molar refractivity (Wildman–Crippen MR) is 289 cm³/mol. The molecule has 0 aromatic heterocycles. The summed E-state index contributed by atoms with van der Waals surface area (Å²) in [6, 6.07) is 0. The first-order valence-corrected chi connectivity index (χ1v) is 30.2. The third-order valence-corrected chi connectivity index (χ3v) is 13.8. The maximum Gasteiger partial charge on any atom is 0.306 e. The molecular weight excluding hydrogens is 829 g/mol. The highest BCUT2D eigenvalue weighted by Gasteiger charge is 2.19. The van der Waals surface area contributed by atoms with Crippen molar-refractivity contribution in [2.75, 3.05) is 13.2 Å². The van der Waals surface area contributed by atoms with E-state index in [-0.39, 0.29) is 31.1 Å².